The molecule has 3 aromatic rings. The molecule has 4 heterocycles. The summed E-state index contributed by atoms with van der Waals surface area (Å²) in [5.74, 6) is 0. The lowest BCUT2D eigenvalue weighted by molar-refractivity contribution is 0.135. The van der Waals surface area contributed by atoms with Gasteiger partial charge in [0.2, 0.25) is 0 Å². The Balaban J connectivity index is 0.00000146. The van der Waals surface area contributed by atoms with Crippen molar-refractivity contribution in [2.75, 3.05) is 13.1 Å². The molecule has 1 atom stereocenters. The van der Waals surface area contributed by atoms with Crippen molar-refractivity contribution < 1.29 is 0 Å². The second kappa shape index (κ2) is 5.86. The number of H-pyrrole nitrogens is 2. The van der Waals surface area contributed by atoms with E-state index in [2.05, 4.69) is 36.3 Å². The highest BCUT2D eigenvalue weighted by atomic mass is 35.5. The number of aromatic nitrogens is 5. The minimum absolute atomic E-state index is 0. The molecule has 1 saturated heterocycles. The summed E-state index contributed by atoms with van der Waals surface area (Å²) in [5, 5.41) is 16.2. The van der Waals surface area contributed by atoms with Crippen LogP contribution in [0.25, 0.3) is 11.0 Å². The van der Waals surface area contributed by atoms with Crippen LogP contribution in [0.3, 0.4) is 0 Å². The molecule has 1 aliphatic heterocycles. The zero-order chi connectivity index (χ0) is 15.3. The molecule has 7 heteroatoms. The van der Waals surface area contributed by atoms with Crippen molar-refractivity contribution in [2.24, 2.45) is 0 Å². The van der Waals surface area contributed by atoms with Gasteiger partial charge < -0.3 is 0 Å². The number of halogens is 1. The Labute approximate surface area is 146 Å². The van der Waals surface area contributed by atoms with Gasteiger partial charge >= 0.3 is 0 Å². The first-order chi connectivity index (χ1) is 11.3. The predicted octanol–water partition coefficient (Wildman–Crippen LogP) is 2.58. The van der Waals surface area contributed by atoms with Crippen LogP contribution in [0.5, 0.6) is 0 Å². The van der Waals surface area contributed by atoms with E-state index in [1.807, 2.05) is 12.3 Å². The lowest BCUT2D eigenvalue weighted by Crippen LogP contribution is -2.44. The van der Waals surface area contributed by atoms with Gasteiger partial charge in [0.05, 0.1) is 11.9 Å². The van der Waals surface area contributed by atoms with Gasteiger partial charge in [0, 0.05) is 35.8 Å². The number of pyridine rings is 1. The number of nitrogens with zero attached hydrogens (tertiary/aromatic N) is 4. The van der Waals surface area contributed by atoms with Crippen LogP contribution in [0.4, 0.5) is 0 Å². The number of likely N-dealkylation sites (tertiary alicyclic amines) is 1. The largest absolute Gasteiger partial charge is 0.297 e. The number of rotatable bonds is 2. The molecule has 6 nitrogen and oxygen atoms in total. The molecular weight excluding hydrogens is 324 g/mol. The second-order valence-corrected chi connectivity index (χ2v) is 6.94. The summed E-state index contributed by atoms with van der Waals surface area (Å²) in [7, 11) is 0. The van der Waals surface area contributed by atoms with Crippen LogP contribution in [0.2, 0.25) is 0 Å². The minimum atomic E-state index is 0. The summed E-state index contributed by atoms with van der Waals surface area (Å²) in [6.45, 7) is 3.16. The molecule has 2 aliphatic rings. The third-order valence-corrected chi connectivity index (χ3v) is 5.57. The average molecular weight is 345 g/mol. The molecule has 1 unspecified atom stereocenters. The first kappa shape index (κ1) is 15.6. The fourth-order valence-electron chi connectivity index (χ4n) is 4.48. The zero-order valence-corrected chi connectivity index (χ0v) is 14.3. The molecule has 0 radical (unpaired) electrons. The summed E-state index contributed by atoms with van der Waals surface area (Å²) in [6.07, 6.45) is 8.72. The van der Waals surface area contributed by atoms with Crippen molar-refractivity contribution >= 4 is 23.4 Å². The standard InChI is InChI=1S/C17H20N6.ClH/c1-3-13-14(20-22-16(13)18-7-1)10-23-8-2-5-17(11-23)6-4-12-9-19-21-15(12)17;/h1,3,7,9H,2,4-6,8,10-11H2,(H,19,21)(H,18,20,22);1H. The molecule has 24 heavy (non-hydrogen) atoms. The quantitative estimate of drug-likeness (QED) is 0.749. The summed E-state index contributed by atoms with van der Waals surface area (Å²) in [6, 6.07) is 4.08. The molecule has 0 amide bonds. The van der Waals surface area contributed by atoms with E-state index in [9.17, 15) is 0 Å². The van der Waals surface area contributed by atoms with Crippen LogP contribution in [-0.4, -0.2) is 43.4 Å². The van der Waals surface area contributed by atoms with Crippen LogP contribution in [0.15, 0.2) is 24.5 Å². The van der Waals surface area contributed by atoms with Crippen LogP contribution in [-0.2, 0) is 18.4 Å². The van der Waals surface area contributed by atoms with Crippen molar-refractivity contribution in [3.8, 4) is 0 Å². The highest BCUT2D eigenvalue weighted by Gasteiger charge is 2.43. The van der Waals surface area contributed by atoms with E-state index >= 15 is 0 Å². The van der Waals surface area contributed by atoms with Gasteiger partial charge in [-0.25, -0.2) is 4.98 Å². The van der Waals surface area contributed by atoms with Crippen LogP contribution >= 0.6 is 12.4 Å². The van der Waals surface area contributed by atoms with E-state index in [1.54, 1.807) is 6.20 Å². The summed E-state index contributed by atoms with van der Waals surface area (Å²) in [5.41, 5.74) is 5.07. The Morgan fingerprint density at radius 3 is 3.17 bits per heavy atom. The maximum Gasteiger partial charge on any atom is 0.181 e. The predicted molar refractivity (Wildman–Crippen MR) is 94.2 cm³/mol. The molecule has 0 aromatic carbocycles. The maximum absolute atomic E-state index is 4.32. The van der Waals surface area contributed by atoms with Crippen molar-refractivity contribution in [2.45, 2.75) is 37.6 Å². The molecule has 126 valence electrons. The number of fused-ring (bicyclic) bond motifs is 3. The monoisotopic (exact) mass is 344 g/mol. The van der Waals surface area contributed by atoms with Gasteiger partial charge in [0.15, 0.2) is 5.65 Å². The van der Waals surface area contributed by atoms with E-state index in [-0.39, 0.29) is 17.8 Å². The molecule has 1 spiro atoms. The normalized spacial score (nSPS) is 23.5. The van der Waals surface area contributed by atoms with E-state index in [0.717, 1.165) is 37.1 Å². The molecule has 0 bridgehead atoms. The van der Waals surface area contributed by atoms with Gasteiger partial charge in [-0.1, -0.05) is 0 Å². The molecule has 3 aromatic heterocycles. The average Bonchev–Trinajstić information content (AvgIpc) is 3.27. The summed E-state index contributed by atoms with van der Waals surface area (Å²) in [4.78, 5) is 6.87. The van der Waals surface area contributed by atoms with Crippen LogP contribution in [0.1, 0.15) is 36.2 Å². The topological polar surface area (TPSA) is 73.5 Å². The third-order valence-electron chi connectivity index (χ3n) is 5.57. The van der Waals surface area contributed by atoms with E-state index in [1.165, 1.54) is 36.2 Å². The number of hydrogen-bond acceptors (Lipinski definition) is 4. The van der Waals surface area contributed by atoms with E-state index in [0.29, 0.717) is 0 Å². The number of aryl methyl sites for hydroxylation is 1. The SMILES string of the molecule is Cl.c1cnc2n[nH]c(CN3CCCC4(CCc5cn[nH]c54)C3)c2c1. The smallest absolute Gasteiger partial charge is 0.181 e. The van der Waals surface area contributed by atoms with Gasteiger partial charge in [-0.3, -0.25) is 15.1 Å². The van der Waals surface area contributed by atoms with Gasteiger partial charge in [0.1, 0.15) is 0 Å². The van der Waals surface area contributed by atoms with Crippen molar-refractivity contribution in [3.05, 3.63) is 41.5 Å². The van der Waals surface area contributed by atoms with Crippen molar-refractivity contribution in [1.29, 1.82) is 0 Å². The fraction of sp³-hybridized carbons (Fsp3) is 0.471. The van der Waals surface area contributed by atoms with Crippen molar-refractivity contribution in [1.82, 2.24) is 30.3 Å². The van der Waals surface area contributed by atoms with E-state index in [4.69, 9.17) is 0 Å². The Bertz CT molecular complexity index is 856. The van der Waals surface area contributed by atoms with Gasteiger partial charge in [-0.15, -0.1) is 12.4 Å². The number of hydrogen-bond donors (Lipinski definition) is 2. The van der Waals surface area contributed by atoms with Gasteiger partial charge in [-0.2, -0.15) is 10.2 Å². The molecule has 5 rings (SSSR count). The highest BCUT2D eigenvalue weighted by molar-refractivity contribution is 5.85. The lowest BCUT2D eigenvalue weighted by atomic mass is 9.77. The first-order valence-corrected chi connectivity index (χ1v) is 8.37. The number of aromatic amines is 2. The third kappa shape index (κ3) is 2.32. The first-order valence-electron chi connectivity index (χ1n) is 8.37. The Hall–Kier alpha value is -1.92. The lowest BCUT2D eigenvalue weighted by Gasteiger charge is -2.40. The summed E-state index contributed by atoms with van der Waals surface area (Å²) < 4.78 is 0. The summed E-state index contributed by atoms with van der Waals surface area (Å²) >= 11 is 0. The van der Waals surface area contributed by atoms with Gasteiger partial charge in [-0.05, 0) is 49.9 Å². The maximum atomic E-state index is 4.32. The molecule has 1 fully saturated rings. The van der Waals surface area contributed by atoms with Crippen LogP contribution < -0.4 is 0 Å². The van der Waals surface area contributed by atoms with Gasteiger partial charge in [0.25, 0.3) is 0 Å². The molecule has 1 aliphatic carbocycles. The zero-order valence-electron chi connectivity index (χ0n) is 13.5. The fourth-order valence-corrected chi connectivity index (χ4v) is 4.48. The Kier molecular flexibility index (Phi) is 3.81. The minimum Gasteiger partial charge on any atom is -0.297 e. The van der Waals surface area contributed by atoms with E-state index < -0.39 is 0 Å². The Morgan fingerprint density at radius 1 is 1.25 bits per heavy atom. The Morgan fingerprint density at radius 2 is 2.21 bits per heavy atom. The molecule has 2 N–H and O–H groups in total. The van der Waals surface area contributed by atoms with Crippen LogP contribution in [0, 0.1) is 0 Å². The number of nitrogens with one attached hydrogen (secondary N) is 2. The molecular formula is C17H21ClN6. The number of piperidine rings is 1. The van der Waals surface area contributed by atoms with Crippen molar-refractivity contribution in [3.63, 3.8) is 0 Å². The molecule has 0 saturated carbocycles. The highest BCUT2D eigenvalue weighted by Crippen LogP contribution is 2.44. The second-order valence-electron chi connectivity index (χ2n) is 6.94.